The fourth-order valence-corrected chi connectivity index (χ4v) is 2.81. The van der Waals surface area contributed by atoms with Crippen LogP contribution in [0.5, 0.6) is 0 Å². The summed E-state index contributed by atoms with van der Waals surface area (Å²) in [7, 11) is 0. The molecule has 0 atom stereocenters. The zero-order chi connectivity index (χ0) is 15.8. The normalized spacial score (nSPS) is 11.0. The van der Waals surface area contributed by atoms with E-state index in [1.165, 1.54) is 0 Å². The van der Waals surface area contributed by atoms with Crippen LogP contribution in [0.2, 0.25) is 0 Å². The summed E-state index contributed by atoms with van der Waals surface area (Å²) in [5.41, 5.74) is 9.49. The summed E-state index contributed by atoms with van der Waals surface area (Å²) in [4.78, 5) is 7.35. The molecule has 2 aromatic carbocycles. The van der Waals surface area contributed by atoms with Crippen molar-refractivity contribution in [3.8, 4) is 16.9 Å². The van der Waals surface area contributed by atoms with Crippen molar-refractivity contribution in [2.75, 3.05) is 5.73 Å². The Kier molecular flexibility index (Phi) is 3.17. The van der Waals surface area contributed by atoms with Gasteiger partial charge in [-0.25, -0.2) is 4.68 Å². The van der Waals surface area contributed by atoms with E-state index in [0.29, 0.717) is 16.2 Å². The molecule has 5 nitrogen and oxygen atoms in total. The van der Waals surface area contributed by atoms with Crippen molar-refractivity contribution in [1.82, 2.24) is 19.7 Å². The first kappa shape index (κ1) is 13.7. The minimum atomic E-state index is 0.340. The first-order valence-corrected chi connectivity index (χ1v) is 7.54. The number of hydrogen-bond acceptors (Lipinski definition) is 4. The van der Waals surface area contributed by atoms with Gasteiger partial charge in [-0.3, -0.25) is 0 Å². The number of nitrogens with one attached hydrogen (secondary N) is 1. The maximum absolute atomic E-state index is 6.17. The summed E-state index contributed by atoms with van der Waals surface area (Å²) < 4.78 is 2.11. The average Bonchev–Trinajstić information content (AvgIpc) is 2.96. The molecule has 0 aliphatic heterocycles. The molecular formula is C17H13N5S. The SMILES string of the molecule is Nc1[nH]c(=S)nc2c1c(-c1ccccc1)nn2-c1ccccc1. The lowest BCUT2D eigenvalue weighted by atomic mass is 10.1. The van der Waals surface area contributed by atoms with Crippen molar-refractivity contribution < 1.29 is 0 Å². The summed E-state index contributed by atoms with van der Waals surface area (Å²) in [5, 5.41) is 5.51. The van der Waals surface area contributed by atoms with Gasteiger partial charge in [0.15, 0.2) is 10.4 Å². The number of aromatic nitrogens is 4. The molecule has 2 heterocycles. The molecule has 3 N–H and O–H groups in total. The van der Waals surface area contributed by atoms with Crippen molar-refractivity contribution in [2.24, 2.45) is 0 Å². The van der Waals surface area contributed by atoms with Crippen molar-refractivity contribution in [3.63, 3.8) is 0 Å². The number of aromatic amines is 1. The Hall–Kier alpha value is -2.99. The second kappa shape index (κ2) is 5.33. The summed E-state index contributed by atoms with van der Waals surface area (Å²) in [6.07, 6.45) is 0. The molecule has 4 rings (SSSR count). The molecule has 2 aromatic heterocycles. The van der Waals surface area contributed by atoms with E-state index in [4.69, 9.17) is 23.1 Å². The van der Waals surface area contributed by atoms with Crippen molar-refractivity contribution in [1.29, 1.82) is 0 Å². The molecule has 0 amide bonds. The third-order valence-electron chi connectivity index (χ3n) is 3.63. The van der Waals surface area contributed by atoms with E-state index in [2.05, 4.69) is 9.97 Å². The monoisotopic (exact) mass is 319 g/mol. The number of H-pyrrole nitrogens is 1. The molecule has 0 spiro atoms. The van der Waals surface area contributed by atoms with Gasteiger partial charge in [-0.2, -0.15) is 10.1 Å². The van der Waals surface area contributed by atoms with Crippen molar-refractivity contribution in [3.05, 3.63) is 65.4 Å². The molecule has 0 aliphatic rings. The molecule has 0 saturated carbocycles. The maximum atomic E-state index is 6.17. The molecule has 0 radical (unpaired) electrons. The zero-order valence-electron chi connectivity index (χ0n) is 12.1. The van der Waals surface area contributed by atoms with E-state index in [0.717, 1.165) is 22.3 Å². The molecule has 4 aromatic rings. The van der Waals surface area contributed by atoms with E-state index in [1.54, 1.807) is 4.68 Å². The smallest absolute Gasteiger partial charge is 0.200 e. The Bertz CT molecular complexity index is 1040. The highest BCUT2D eigenvalue weighted by Crippen LogP contribution is 2.31. The van der Waals surface area contributed by atoms with Crippen LogP contribution in [0.4, 0.5) is 5.82 Å². The van der Waals surface area contributed by atoms with Crippen LogP contribution < -0.4 is 5.73 Å². The third-order valence-corrected chi connectivity index (χ3v) is 3.82. The molecule has 112 valence electrons. The molecule has 6 heteroatoms. The molecule has 0 unspecified atom stereocenters. The van der Waals surface area contributed by atoms with Crippen molar-refractivity contribution >= 4 is 29.1 Å². The van der Waals surface area contributed by atoms with Gasteiger partial charge < -0.3 is 10.7 Å². The fourth-order valence-electron chi connectivity index (χ4n) is 2.61. The summed E-state index contributed by atoms with van der Waals surface area (Å²) in [6, 6.07) is 19.7. The quantitative estimate of drug-likeness (QED) is 0.552. The van der Waals surface area contributed by atoms with Crippen LogP contribution in [-0.4, -0.2) is 19.7 Å². The first-order valence-electron chi connectivity index (χ1n) is 7.13. The standard InChI is InChI=1S/C17H13N5S/c18-15-13-14(11-7-3-1-4-8-11)21-22(12-9-5-2-6-10-12)16(13)20-17(23)19-15/h1-10H,(H3,18,19,20,23). The van der Waals surface area contributed by atoms with Gasteiger partial charge in [0.2, 0.25) is 0 Å². The van der Waals surface area contributed by atoms with Gasteiger partial charge in [-0.1, -0.05) is 48.5 Å². The van der Waals surface area contributed by atoms with Crippen LogP contribution in [0.3, 0.4) is 0 Å². The third kappa shape index (κ3) is 2.29. The lowest BCUT2D eigenvalue weighted by Crippen LogP contribution is -1.99. The number of nitrogen functional groups attached to an aromatic ring is 1. The number of para-hydroxylation sites is 1. The average molecular weight is 319 g/mol. The van der Waals surface area contributed by atoms with Gasteiger partial charge in [0, 0.05) is 5.56 Å². The summed E-state index contributed by atoms with van der Waals surface area (Å²) in [5.74, 6) is 0.473. The van der Waals surface area contributed by atoms with E-state index >= 15 is 0 Å². The number of rotatable bonds is 2. The number of hydrogen-bond donors (Lipinski definition) is 2. The number of anilines is 1. The zero-order valence-corrected chi connectivity index (χ0v) is 12.9. The Morgan fingerprint density at radius 3 is 2.30 bits per heavy atom. The Labute approximate surface area is 137 Å². The van der Waals surface area contributed by atoms with Crippen LogP contribution in [0, 0.1) is 4.77 Å². The Morgan fingerprint density at radius 2 is 1.61 bits per heavy atom. The predicted octanol–water partition coefficient (Wildman–Crippen LogP) is 3.73. The molecule has 23 heavy (non-hydrogen) atoms. The van der Waals surface area contributed by atoms with Crippen LogP contribution in [0.1, 0.15) is 0 Å². The molecule has 0 fully saturated rings. The Balaban J connectivity index is 2.11. The fraction of sp³-hybridized carbons (Fsp3) is 0. The van der Waals surface area contributed by atoms with Crippen LogP contribution in [-0.2, 0) is 0 Å². The van der Waals surface area contributed by atoms with Crippen LogP contribution in [0.25, 0.3) is 28.0 Å². The van der Waals surface area contributed by atoms with Gasteiger partial charge >= 0.3 is 0 Å². The number of fused-ring (bicyclic) bond motifs is 1. The molecular weight excluding hydrogens is 306 g/mol. The van der Waals surface area contributed by atoms with Crippen molar-refractivity contribution in [2.45, 2.75) is 0 Å². The maximum Gasteiger partial charge on any atom is 0.200 e. The summed E-state index contributed by atoms with van der Waals surface area (Å²) in [6.45, 7) is 0. The van der Waals surface area contributed by atoms with E-state index < -0.39 is 0 Å². The van der Waals surface area contributed by atoms with Gasteiger partial charge in [0.1, 0.15) is 11.5 Å². The topological polar surface area (TPSA) is 72.5 Å². The minimum absolute atomic E-state index is 0.340. The number of nitrogens with two attached hydrogens (primary N) is 1. The van der Waals surface area contributed by atoms with E-state index in [-0.39, 0.29) is 0 Å². The molecule has 0 saturated heterocycles. The number of benzene rings is 2. The van der Waals surface area contributed by atoms with Gasteiger partial charge in [-0.15, -0.1) is 0 Å². The second-order valence-electron chi connectivity index (χ2n) is 5.12. The highest BCUT2D eigenvalue weighted by atomic mass is 32.1. The predicted molar refractivity (Wildman–Crippen MR) is 93.9 cm³/mol. The lowest BCUT2D eigenvalue weighted by Gasteiger charge is -2.02. The van der Waals surface area contributed by atoms with Gasteiger partial charge in [0.05, 0.1) is 11.1 Å². The lowest BCUT2D eigenvalue weighted by molar-refractivity contribution is 0.897. The molecule has 0 aliphatic carbocycles. The first-order chi connectivity index (χ1) is 11.2. The highest BCUT2D eigenvalue weighted by molar-refractivity contribution is 7.71. The highest BCUT2D eigenvalue weighted by Gasteiger charge is 2.17. The Morgan fingerprint density at radius 1 is 0.957 bits per heavy atom. The number of nitrogens with zero attached hydrogens (tertiary/aromatic N) is 3. The van der Waals surface area contributed by atoms with Crippen LogP contribution >= 0.6 is 12.2 Å². The largest absolute Gasteiger partial charge is 0.385 e. The van der Waals surface area contributed by atoms with E-state index in [9.17, 15) is 0 Å². The second-order valence-corrected chi connectivity index (χ2v) is 5.50. The van der Waals surface area contributed by atoms with Gasteiger partial charge in [0.25, 0.3) is 0 Å². The molecule has 0 bridgehead atoms. The van der Waals surface area contributed by atoms with E-state index in [1.807, 2.05) is 60.7 Å². The van der Waals surface area contributed by atoms with Gasteiger partial charge in [-0.05, 0) is 24.4 Å². The minimum Gasteiger partial charge on any atom is -0.385 e. The summed E-state index contributed by atoms with van der Waals surface area (Å²) >= 11 is 5.17. The van der Waals surface area contributed by atoms with Crippen LogP contribution in [0.15, 0.2) is 60.7 Å².